The highest BCUT2D eigenvalue weighted by molar-refractivity contribution is 7.12. The van der Waals surface area contributed by atoms with Gasteiger partial charge in [-0.15, -0.1) is 11.3 Å². The predicted octanol–water partition coefficient (Wildman–Crippen LogP) is 3.67. The maximum atomic E-state index is 12.8. The summed E-state index contributed by atoms with van der Waals surface area (Å²) in [5.74, 6) is 0.727. The zero-order valence-electron chi connectivity index (χ0n) is 14.1. The number of amides is 1. The van der Waals surface area contributed by atoms with Crippen LogP contribution in [0.25, 0.3) is 11.5 Å². The number of thiophene rings is 1. The number of fused-ring (bicyclic) bond motifs is 1. The Morgan fingerprint density at radius 2 is 2.20 bits per heavy atom. The van der Waals surface area contributed by atoms with Gasteiger partial charge in [-0.1, -0.05) is 6.07 Å². The van der Waals surface area contributed by atoms with Gasteiger partial charge in [0, 0.05) is 30.9 Å². The van der Waals surface area contributed by atoms with Crippen LogP contribution < -0.4 is 0 Å². The number of aromatic nitrogens is 3. The fourth-order valence-corrected chi connectivity index (χ4v) is 4.00. The number of carbonyl (C=O) groups excluding carboxylic acids is 1. The summed E-state index contributed by atoms with van der Waals surface area (Å²) in [7, 11) is 0. The third-order valence-corrected chi connectivity index (χ3v) is 5.54. The third kappa shape index (κ3) is 2.93. The standard InChI is InChI=1S/C19H18N4OS/c1-12-9-17(25-11-12)19(24)23-8-6-15-14(13(23)2)10-21-18(22-15)16-5-3-4-7-20-16/h3-5,7,9-11,13H,6,8H2,1-2H3. The summed E-state index contributed by atoms with van der Waals surface area (Å²) < 4.78 is 0. The smallest absolute Gasteiger partial charge is 0.264 e. The van der Waals surface area contributed by atoms with E-state index in [2.05, 4.69) is 9.97 Å². The molecule has 3 aromatic rings. The van der Waals surface area contributed by atoms with Gasteiger partial charge in [0.25, 0.3) is 5.91 Å². The summed E-state index contributed by atoms with van der Waals surface area (Å²) in [5, 5.41) is 2.01. The lowest BCUT2D eigenvalue weighted by Gasteiger charge is -2.34. The van der Waals surface area contributed by atoms with Gasteiger partial charge in [0.1, 0.15) is 5.69 Å². The Morgan fingerprint density at radius 1 is 1.32 bits per heavy atom. The molecule has 1 unspecified atom stereocenters. The van der Waals surface area contributed by atoms with Crippen molar-refractivity contribution in [1.82, 2.24) is 19.9 Å². The van der Waals surface area contributed by atoms with Crippen molar-refractivity contribution < 1.29 is 4.79 Å². The molecule has 0 bridgehead atoms. The van der Waals surface area contributed by atoms with Crippen LogP contribution >= 0.6 is 11.3 Å². The van der Waals surface area contributed by atoms with E-state index >= 15 is 0 Å². The van der Waals surface area contributed by atoms with Crippen LogP contribution in [0.3, 0.4) is 0 Å². The molecule has 25 heavy (non-hydrogen) atoms. The molecule has 0 aliphatic carbocycles. The quantitative estimate of drug-likeness (QED) is 0.707. The highest BCUT2D eigenvalue weighted by Gasteiger charge is 2.30. The van der Waals surface area contributed by atoms with Crippen molar-refractivity contribution in [2.75, 3.05) is 6.54 Å². The Balaban J connectivity index is 1.63. The van der Waals surface area contributed by atoms with E-state index in [1.807, 2.05) is 54.6 Å². The first-order valence-corrected chi connectivity index (χ1v) is 9.15. The van der Waals surface area contributed by atoms with Crippen LogP contribution in [0.5, 0.6) is 0 Å². The Morgan fingerprint density at radius 3 is 2.92 bits per heavy atom. The molecule has 4 heterocycles. The fourth-order valence-electron chi connectivity index (χ4n) is 3.14. The number of nitrogens with zero attached hydrogens (tertiary/aromatic N) is 4. The molecule has 0 aromatic carbocycles. The van der Waals surface area contributed by atoms with Crippen molar-refractivity contribution in [3.05, 3.63) is 63.7 Å². The van der Waals surface area contributed by atoms with E-state index in [0.29, 0.717) is 12.4 Å². The average molecular weight is 350 g/mol. The zero-order chi connectivity index (χ0) is 17.4. The Labute approximate surface area is 150 Å². The lowest BCUT2D eigenvalue weighted by molar-refractivity contribution is 0.0680. The lowest BCUT2D eigenvalue weighted by Crippen LogP contribution is -2.39. The maximum absolute atomic E-state index is 12.8. The van der Waals surface area contributed by atoms with Crippen LogP contribution in [0.1, 0.15) is 39.5 Å². The third-order valence-electron chi connectivity index (χ3n) is 4.50. The first-order valence-electron chi connectivity index (χ1n) is 8.27. The van der Waals surface area contributed by atoms with Gasteiger partial charge < -0.3 is 4.90 Å². The molecule has 126 valence electrons. The highest BCUT2D eigenvalue weighted by Crippen LogP contribution is 2.31. The van der Waals surface area contributed by atoms with Crippen molar-refractivity contribution in [3.63, 3.8) is 0 Å². The predicted molar refractivity (Wildman–Crippen MR) is 97.5 cm³/mol. The SMILES string of the molecule is Cc1csc(C(=O)N2CCc3nc(-c4ccccn4)ncc3C2C)c1. The summed E-state index contributed by atoms with van der Waals surface area (Å²) in [6.07, 6.45) is 4.32. The summed E-state index contributed by atoms with van der Waals surface area (Å²) in [6.45, 7) is 4.72. The second-order valence-corrected chi connectivity index (χ2v) is 7.13. The molecule has 1 aliphatic heterocycles. The van der Waals surface area contributed by atoms with Crippen molar-refractivity contribution in [1.29, 1.82) is 0 Å². The molecular weight excluding hydrogens is 332 g/mol. The van der Waals surface area contributed by atoms with Crippen LogP contribution in [0, 0.1) is 6.92 Å². The highest BCUT2D eigenvalue weighted by atomic mass is 32.1. The number of aryl methyl sites for hydroxylation is 1. The van der Waals surface area contributed by atoms with E-state index in [4.69, 9.17) is 4.98 Å². The van der Waals surface area contributed by atoms with Gasteiger partial charge in [-0.3, -0.25) is 9.78 Å². The van der Waals surface area contributed by atoms with Crippen molar-refractivity contribution in [3.8, 4) is 11.5 Å². The topological polar surface area (TPSA) is 59.0 Å². The van der Waals surface area contributed by atoms with Crippen LogP contribution in [-0.4, -0.2) is 32.3 Å². The molecule has 0 spiro atoms. The summed E-state index contributed by atoms with van der Waals surface area (Å²) in [4.78, 5) is 29.0. The molecule has 3 aromatic heterocycles. The van der Waals surface area contributed by atoms with E-state index in [1.54, 1.807) is 6.20 Å². The van der Waals surface area contributed by atoms with Crippen molar-refractivity contribution in [2.45, 2.75) is 26.3 Å². The monoisotopic (exact) mass is 350 g/mol. The number of carbonyl (C=O) groups is 1. The first-order chi connectivity index (χ1) is 12.1. The molecule has 0 radical (unpaired) electrons. The van der Waals surface area contributed by atoms with Gasteiger partial charge in [0.2, 0.25) is 0 Å². The van der Waals surface area contributed by atoms with E-state index in [0.717, 1.165) is 33.8 Å². The Bertz CT molecular complexity index is 922. The van der Waals surface area contributed by atoms with Gasteiger partial charge in [0.05, 0.1) is 16.6 Å². The Kier molecular flexibility index (Phi) is 4.05. The number of rotatable bonds is 2. The normalized spacial score (nSPS) is 16.6. The first kappa shape index (κ1) is 15.9. The van der Waals surface area contributed by atoms with Gasteiger partial charge >= 0.3 is 0 Å². The second-order valence-electron chi connectivity index (χ2n) is 6.22. The van der Waals surface area contributed by atoms with Crippen LogP contribution in [-0.2, 0) is 6.42 Å². The molecule has 1 amide bonds. The molecule has 5 nitrogen and oxygen atoms in total. The molecule has 0 N–H and O–H groups in total. The number of hydrogen-bond donors (Lipinski definition) is 0. The molecule has 0 saturated heterocycles. The van der Waals surface area contributed by atoms with Gasteiger partial charge in [0.15, 0.2) is 5.82 Å². The minimum absolute atomic E-state index is 0.0311. The van der Waals surface area contributed by atoms with Crippen molar-refractivity contribution >= 4 is 17.2 Å². The minimum Gasteiger partial charge on any atom is -0.331 e. The van der Waals surface area contributed by atoms with E-state index < -0.39 is 0 Å². The van der Waals surface area contributed by atoms with E-state index in [1.165, 1.54) is 11.3 Å². The molecule has 4 rings (SSSR count). The molecule has 0 saturated carbocycles. The van der Waals surface area contributed by atoms with Crippen molar-refractivity contribution in [2.24, 2.45) is 0 Å². The van der Waals surface area contributed by atoms with Crippen LogP contribution in [0.2, 0.25) is 0 Å². The molecule has 1 atom stereocenters. The summed E-state index contributed by atoms with van der Waals surface area (Å²) in [6, 6.07) is 7.63. The maximum Gasteiger partial charge on any atom is 0.264 e. The zero-order valence-corrected chi connectivity index (χ0v) is 15.0. The minimum atomic E-state index is -0.0311. The number of pyridine rings is 1. The summed E-state index contributed by atoms with van der Waals surface area (Å²) in [5.41, 5.74) is 3.93. The lowest BCUT2D eigenvalue weighted by atomic mass is 9.99. The molecule has 6 heteroatoms. The summed E-state index contributed by atoms with van der Waals surface area (Å²) >= 11 is 1.50. The Hall–Kier alpha value is -2.60. The fraction of sp³-hybridized carbons (Fsp3) is 0.263. The number of hydrogen-bond acceptors (Lipinski definition) is 5. The van der Waals surface area contributed by atoms with Crippen LogP contribution in [0.15, 0.2) is 42.0 Å². The molecule has 0 fully saturated rings. The van der Waals surface area contributed by atoms with Gasteiger partial charge in [-0.2, -0.15) is 0 Å². The largest absolute Gasteiger partial charge is 0.331 e. The second kappa shape index (κ2) is 6.37. The van der Waals surface area contributed by atoms with Gasteiger partial charge in [-0.05, 0) is 43.0 Å². The molecule has 1 aliphatic rings. The van der Waals surface area contributed by atoms with Gasteiger partial charge in [-0.25, -0.2) is 9.97 Å². The van der Waals surface area contributed by atoms with E-state index in [9.17, 15) is 4.79 Å². The molecular formula is C19H18N4OS. The van der Waals surface area contributed by atoms with E-state index in [-0.39, 0.29) is 11.9 Å². The average Bonchev–Trinajstić information content (AvgIpc) is 3.08. The van der Waals surface area contributed by atoms with Crippen LogP contribution in [0.4, 0.5) is 0 Å².